The molecule has 0 radical (unpaired) electrons. The number of nitrogens with zero attached hydrogens (tertiary/aromatic N) is 1. The van der Waals surface area contributed by atoms with Crippen molar-refractivity contribution < 1.29 is 32.7 Å². The molecule has 0 saturated carbocycles. The topological polar surface area (TPSA) is 98.1 Å². The zero-order chi connectivity index (χ0) is 23.4. The summed E-state index contributed by atoms with van der Waals surface area (Å²) in [5.74, 6) is -0.474. The first-order valence-corrected chi connectivity index (χ1v) is 10.2. The number of ether oxygens (including phenoxy) is 2. The normalized spacial score (nSPS) is 13.6. The molecule has 2 aromatic carbocycles. The number of carbonyl (C=O) groups is 3. The molecule has 1 aliphatic rings. The molecule has 0 aliphatic carbocycles. The lowest BCUT2D eigenvalue weighted by molar-refractivity contribution is -0.127. The Kier molecular flexibility index (Phi) is 6.39. The van der Waals surface area contributed by atoms with Crippen molar-refractivity contribution in [2.24, 2.45) is 0 Å². The molecule has 1 aliphatic heterocycles. The molecule has 8 nitrogen and oxygen atoms in total. The van der Waals surface area contributed by atoms with Crippen molar-refractivity contribution in [3.8, 4) is 11.5 Å². The number of benzene rings is 2. The van der Waals surface area contributed by atoms with Crippen molar-refractivity contribution in [2.75, 3.05) is 18.1 Å². The molecule has 0 spiro atoms. The molecule has 1 N–H and O–H groups in total. The zero-order valence-corrected chi connectivity index (χ0v) is 17.7. The van der Waals surface area contributed by atoms with Crippen LogP contribution in [0.5, 0.6) is 11.5 Å². The van der Waals surface area contributed by atoms with Gasteiger partial charge in [-0.1, -0.05) is 6.07 Å². The van der Waals surface area contributed by atoms with Crippen molar-refractivity contribution in [2.45, 2.75) is 19.5 Å². The van der Waals surface area contributed by atoms with E-state index in [2.05, 4.69) is 5.32 Å². The summed E-state index contributed by atoms with van der Waals surface area (Å²) in [6.07, 6.45) is 1.50. The van der Waals surface area contributed by atoms with E-state index in [4.69, 9.17) is 13.9 Å². The van der Waals surface area contributed by atoms with Gasteiger partial charge in [0.15, 0.2) is 19.0 Å². The highest BCUT2D eigenvalue weighted by atomic mass is 19.1. The van der Waals surface area contributed by atoms with Crippen LogP contribution >= 0.6 is 0 Å². The van der Waals surface area contributed by atoms with Crippen LogP contribution in [0.3, 0.4) is 0 Å². The van der Waals surface area contributed by atoms with Gasteiger partial charge in [0.1, 0.15) is 29.1 Å². The SMILES string of the molecule is CC(C(=O)NCc1ccco1)N1C(=O)COc2ccc(C(=O)COc3cccc(F)c3)cc21. The highest BCUT2D eigenvalue weighted by molar-refractivity contribution is 6.05. The third-order valence-corrected chi connectivity index (χ3v) is 5.11. The molecular weight excluding hydrogens is 431 g/mol. The van der Waals surface area contributed by atoms with Crippen LogP contribution in [0.15, 0.2) is 65.3 Å². The number of amides is 2. The van der Waals surface area contributed by atoms with Crippen LogP contribution in [0.25, 0.3) is 0 Å². The van der Waals surface area contributed by atoms with E-state index in [0.29, 0.717) is 17.2 Å². The molecule has 0 fully saturated rings. The number of nitrogens with one attached hydrogen (secondary N) is 1. The molecule has 2 heterocycles. The number of anilines is 1. The largest absolute Gasteiger partial charge is 0.485 e. The number of halogens is 1. The predicted octanol–water partition coefficient (Wildman–Crippen LogP) is 3.11. The lowest BCUT2D eigenvalue weighted by Crippen LogP contribution is -2.51. The van der Waals surface area contributed by atoms with Gasteiger partial charge in [-0.25, -0.2) is 4.39 Å². The van der Waals surface area contributed by atoms with E-state index >= 15 is 0 Å². The Balaban J connectivity index is 1.49. The number of carbonyl (C=O) groups excluding carboxylic acids is 3. The maximum atomic E-state index is 13.3. The monoisotopic (exact) mass is 452 g/mol. The number of hydrogen-bond donors (Lipinski definition) is 1. The Labute approximate surface area is 188 Å². The number of ketones is 1. The van der Waals surface area contributed by atoms with Crippen molar-refractivity contribution in [1.29, 1.82) is 0 Å². The number of fused-ring (bicyclic) bond motifs is 1. The van der Waals surface area contributed by atoms with E-state index in [1.54, 1.807) is 37.3 Å². The van der Waals surface area contributed by atoms with Gasteiger partial charge in [-0.2, -0.15) is 0 Å². The Hall–Kier alpha value is -4.14. The second-order valence-electron chi connectivity index (χ2n) is 7.38. The van der Waals surface area contributed by atoms with E-state index in [9.17, 15) is 18.8 Å². The van der Waals surface area contributed by atoms with Crippen LogP contribution in [0, 0.1) is 5.82 Å². The first kappa shape index (κ1) is 22.1. The van der Waals surface area contributed by atoms with Crippen LogP contribution in [0.2, 0.25) is 0 Å². The van der Waals surface area contributed by atoms with E-state index in [1.807, 2.05) is 0 Å². The summed E-state index contributed by atoms with van der Waals surface area (Å²) in [4.78, 5) is 39.3. The van der Waals surface area contributed by atoms with Gasteiger partial charge >= 0.3 is 0 Å². The third-order valence-electron chi connectivity index (χ3n) is 5.11. The van der Waals surface area contributed by atoms with Gasteiger partial charge in [0.25, 0.3) is 5.91 Å². The van der Waals surface area contributed by atoms with Crippen LogP contribution < -0.4 is 19.7 Å². The fourth-order valence-corrected chi connectivity index (χ4v) is 3.41. The lowest BCUT2D eigenvalue weighted by atomic mass is 10.1. The van der Waals surface area contributed by atoms with Crippen molar-refractivity contribution in [3.05, 3.63) is 78.0 Å². The van der Waals surface area contributed by atoms with E-state index in [0.717, 1.165) is 0 Å². The molecule has 3 aromatic rings. The van der Waals surface area contributed by atoms with Gasteiger partial charge in [0, 0.05) is 11.6 Å². The molecule has 170 valence electrons. The minimum Gasteiger partial charge on any atom is -0.485 e. The Morgan fingerprint density at radius 1 is 1.18 bits per heavy atom. The van der Waals surface area contributed by atoms with Crippen molar-refractivity contribution >= 4 is 23.3 Å². The maximum absolute atomic E-state index is 13.3. The van der Waals surface area contributed by atoms with Crippen LogP contribution in [0.1, 0.15) is 23.0 Å². The van der Waals surface area contributed by atoms with E-state index in [-0.39, 0.29) is 36.9 Å². The highest BCUT2D eigenvalue weighted by Gasteiger charge is 2.33. The standard InChI is InChI=1S/C24H21FN2O6/c1-15(24(30)26-12-19-6-3-9-31-19)27-20-10-16(7-8-22(20)33-14-23(27)29)21(28)13-32-18-5-2-4-17(25)11-18/h2-11,15H,12-14H2,1H3,(H,26,30). The number of hydrogen-bond acceptors (Lipinski definition) is 6. The third kappa shape index (κ3) is 5.03. The molecule has 33 heavy (non-hydrogen) atoms. The van der Waals surface area contributed by atoms with E-state index < -0.39 is 23.7 Å². The predicted molar refractivity (Wildman–Crippen MR) is 116 cm³/mol. The molecule has 0 saturated heterocycles. The minimum atomic E-state index is -0.857. The molecule has 9 heteroatoms. The number of furan rings is 1. The van der Waals surface area contributed by atoms with Gasteiger partial charge in [-0.3, -0.25) is 19.3 Å². The first-order chi connectivity index (χ1) is 15.9. The second-order valence-corrected chi connectivity index (χ2v) is 7.38. The molecular formula is C24H21FN2O6. The smallest absolute Gasteiger partial charge is 0.265 e. The summed E-state index contributed by atoms with van der Waals surface area (Å²) < 4.78 is 29.4. The molecule has 4 rings (SSSR count). The summed E-state index contributed by atoms with van der Waals surface area (Å²) >= 11 is 0. The quantitative estimate of drug-likeness (QED) is 0.528. The maximum Gasteiger partial charge on any atom is 0.265 e. The average Bonchev–Trinajstić information content (AvgIpc) is 3.34. The summed E-state index contributed by atoms with van der Waals surface area (Å²) in [5.41, 5.74) is 0.570. The highest BCUT2D eigenvalue weighted by Crippen LogP contribution is 2.34. The fraction of sp³-hybridized carbons (Fsp3) is 0.208. The van der Waals surface area contributed by atoms with Crippen LogP contribution in [0.4, 0.5) is 10.1 Å². The molecule has 1 atom stereocenters. The Morgan fingerprint density at radius 2 is 2.03 bits per heavy atom. The molecule has 0 bridgehead atoms. The van der Waals surface area contributed by atoms with E-state index in [1.165, 1.54) is 35.4 Å². The lowest BCUT2D eigenvalue weighted by Gasteiger charge is -2.33. The van der Waals surface area contributed by atoms with Crippen LogP contribution in [-0.2, 0) is 16.1 Å². The second kappa shape index (κ2) is 9.56. The summed E-state index contributed by atoms with van der Waals surface area (Å²) in [7, 11) is 0. The minimum absolute atomic E-state index is 0.178. The molecule has 1 aromatic heterocycles. The Morgan fingerprint density at radius 3 is 2.79 bits per heavy atom. The Bertz CT molecular complexity index is 1180. The van der Waals surface area contributed by atoms with Gasteiger partial charge in [0.2, 0.25) is 5.91 Å². The molecule has 1 unspecified atom stereocenters. The van der Waals surface area contributed by atoms with Gasteiger partial charge in [-0.15, -0.1) is 0 Å². The summed E-state index contributed by atoms with van der Waals surface area (Å²) in [6, 6.07) is 12.7. The van der Waals surface area contributed by atoms with Crippen molar-refractivity contribution in [1.82, 2.24) is 5.32 Å². The van der Waals surface area contributed by atoms with Gasteiger partial charge < -0.3 is 19.2 Å². The zero-order valence-electron chi connectivity index (χ0n) is 17.7. The first-order valence-electron chi connectivity index (χ1n) is 10.2. The number of Topliss-reactive ketones (excluding diaryl/α,β-unsaturated/α-hetero) is 1. The van der Waals surface area contributed by atoms with Gasteiger partial charge in [-0.05, 0) is 49.4 Å². The van der Waals surface area contributed by atoms with Crippen molar-refractivity contribution in [3.63, 3.8) is 0 Å². The average molecular weight is 452 g/mol. The van der Waals surface area contributed by atoms with Crippen LogP contribution in [-0.4, -0.2) is 36.9 Å². The fourth-order valence-electron chi connectivity index (χ4n) is 3.41. The molecule has 2 amide bonds. The van der Waals surface area contributed by atoms with Gasteiger partial charge in [0.05, 0.1) is 18.5 Å². The summed E-state index contributed by atoms with van der Waals surface area (Å²) in [6.45, 7) is 1.22. The number of rotatable bonds is 8. The summed E-state index contributed by atoms with van der Waals surface area (Å²) in [5, 5.41) is 2.73.